The monoisotopic (exact) mass is 286 g/mol. The number of rotatable bonds is 5. The van der Waals surface area contributed by atoms with Gasteiger partial charge < -0.3 is 9.64 Å². The zero-order valence-corrected chi connectivity index (χ0v) is 12.1. The molecule has 2 aromatic rings. The van der Waals surface area contributed by atoms with E-state index in [0.29, 0.717) is 0 Å². The van der Waals surface area contributed by atoms with Crippen molar-refractivity contribution in [2.24, 2.45) is 0 Å². The van der Waals surface area contributed by atoms with Crippen molar-refractivity contribution in [2.75, 3.05) is 4.90 Å². The number of nitrogens with zero attached hydrogens (tertiary/aromatic N) is 3. The van der Waals surface area contributed by atoms with E-state index in [1.54, 1.807) is 23.7 Å². The second-order valence-corrected chi connectivity index (χ2v) is 5.48. The Labute approximate surface area is 122 Å². The lowest BCUT2D eigenvalue weighted by Crippen LogP contribution is -2.28. The Balaban J connectivity index is 1.86. The van der Waals surface area contributed by atoms with Gasteiger partial charge >= 0.3 is 0 Å². The summed E-state index contributed by atoms with van der Waals surface area (Å²) >= 11 is 1.57. The van der Waals surface area contributed by atoms with Crippen molar-refractivity contribution in [1.29, 1.82) is 0 Å². The van der Waals surface area contributed by atoms with Crippen molar-refractivity contribution in [3.63, 3.8) is 0 Å². The highest BCUT2D eigenvalue weighted by Crippen LogP contribution is 2.33. The second-order valence-electron chi connectivity index (χ2n) is 4.60. The third-order valence-corrected chi connectivity index (χ3v) is 3.94. The summed E-state index contributed by atoms with van der Waals surface area (Å²) in [5, 5.41) is 0. The topological polar surface area (TPSA) is 38.2 Å². The normalized spacial score (nSPS) is 17.9. The molecule has 3 rings (SSSR count). The Morgan fingerprint density at radius 1 is 1.35 bits per heavy atom. The highest BCUT2D eigenvalue weighted by atomic mass is 32.1. The average Bonchev–Trinajstić information content (AvgIpc) is 3.15. The zero-order chi connectivity index (χ0) is 13.8. The zero-order valence-electron chi connectivity index (χ0n) is 11.3. The van der Waals surface area contributed by atoms with Gasteiger partial charge in [0, 0.05) is 30.7 Å². The summed E-state index contributed by atoms with van der Waals surface area (Å²) in [5.41, 5.74) is 2.87. The van der Waals surface area contributed by atoms with Crippen molar-refractivity contribution < 1.29 is 4.74 Å². The summed E-state index contributed by atoms with van der Waals surface area (Å²) in [6, 6.07) is 3.95. The van der Waals surface area contributed by atoms with Gasteiger partial charge in [0.1, 0.15) is 6.20 Å². The van der Waals surface area contributed by atoms with Crippen LogP contribution < -0.4 is 4.90 Å². The van der Waals surface area contributed by atoms with E-state index in [0.717, 1.165) is 35.6 Å². The maximum atomic E-state index is 6.06. The van der Waals surface area contributed by atoms with E-state index in [1.807, 2.05) is 23.8 Å². The smallest absolute Gasteiger partial charge is 0.176 e. The fourth-order valence-corrected chi connectivity index (χ4v) is 2.70. The first-order valence-corrected chi connectivity index (χ1v) is 7.65. The SMILES string of the molecule is CCCCC1OC(c2cncs2)=[C]N1c1ccncc1. The minimum Gasteiger partial charge on any atom is -0.466 e. The molecule has 1 unspecified atom stereocenters. The van der Waals surface area contributed by atoms with Gasteiger partial charge in [-0.3, -0.25) is 9.97 Å². The number of hydrogen-bond donors (Lipinski definition) is 0. The molecule has 103 valence electrons. The molecule has 1 atom stereocenters. The standard InChI is InChI=1S/C15H16N3OS/c1-2-3-4-15-18(12-5-7-16-8-6-12)10-13(19-15)14-9-17-11-20-14/h5-9,11,15H,2-4H2,1H3. The lowest BCUT2D eigenvalue weighted by atomic mass is 10.2. The fraction of sp³-hybridized carbons (Fsp3) is 0.333. The van der Waals surface area contributed by atoms with Gasteiger partial charge in [-0.2, -0.15) is 0 Å². The third kappa shape index (κ3) is 2.67. The van der Waals surface area contributed by atoms with E-state index in [9.17, 15) is 0 Å². The molecule has 0 aliphatic carbocycles. The first-order valence-electron chi connectivity index (χ1n) is 6.77. The van der Waals surface area contributed by atoms with Crippen LogP contribution in [0, 0.1) is 6.20 Å². The van der Waals surface area contributed by atoms with Crippen molar-refractivity contribution in [2.45, 2.75) is 32.4 Å². The van der Waals surface area contributed by atoms with Crippen LogP contribution in [0.3, 0.4) is 0 Å². The Bertz CT molecular complexity index is 568. The minimum absolute atomic E-state index is 0.00875. The molecule has 0 bridgehead atoms. The van der Waals surface area contributed by atoms with Gasteiger partial charge in [0.25, 0.3) is 0 Å². The van der Waals surface area contributed by atoms with Crippen LogP contribution in [-0.4, -0.2) is 16.2 Å². The lowest BCUT2D eigenvalue weighted by molar-refractivity contribution is 0.179. The number of unbranched alkanes of at least 4 members (excludes halogenated alkanes) is 1. The minimum atomic E-state index is 0.00875. The molecule has 0 fully saturated rings. The van der Waals surface area contributed by atoms with Gasteiger partial charge in [-0.15, -0.1) is 11.3 Å². The van der Waals surface area contributed by atoms with Gasteiger partial charge in [0.2, 0.25) is 0 Å². The number of hydrogen-bond acceptors (Lipinski definition) is 5. The van der Waals surface area contributed by atoms with E-state index >= 15 is 0 Å². The van der Waals surface area contributed by atoms with Crippen LogP contribution in [0.2, 0.25) is 0 Å². The van der Waals surface area contributed by atoms with Crippen molar-refractivity contribution in [3.05, 3.63) is 47.3 Å². The van der Waals surface area contributed by atoms with Crippen molar-refractivity contribution >= 4 is 22.8 Å². The highest BCUT2D eigenvalue weighted by Gasteiger charge is 2.28. The molecule has 20 heavy (non-hydrogen) atoms. The number of ether oxygens (including phenoxy) is 1. The van der Waals surface area contributed by atoms with Crippen LogP contribution in [0.25, 0.3) is 5.76 Å². The van der Waals surface area contributed by atoms with Gasteiger partial charge in [0.15, 0.2) is 12.0 Å². The van der Waals surface area contributed by atoms with Crippen LogP contribution in [0.1, 0.15) is 31.1 Å². The summed E-state index contributed by atoms with van der Waals surface area (Å²) in [6.45, 7) is 2.19. The molecular formula is C15H16N3OS. The first kappa shape index (κ1) is 13.1. The molecule has 0 aromatic carbocycles. The molecule has 1 radical (unpaired) electrons. The summed E-state index contributed by atoms with van der Waals surface area (Å²) in [6.07, 6.45) is 12.0. The van der Waals surface area contributed by atoms with Gasteiger partial charge in [-0.05, 0) is 18.6 Å². The number of aromatic nitrogens is 2. The molecular weight excluding hydrogens is 270 g/mol. The third-order valence-electron chi connectivity index (χ3n) is 3.17. The first-order chi connectivity index (χ1) is 9.88. The predicted octanol–water partition coefficient (Wildman–Crippen LogP) is 3.69. The van der Waals surface area contributed by atoms with Gasteiger partial charge in [-0.25, -0.2) is 0 Å². The number of thiazole rings is 1. The van der Waals surface area contributed by atoms with E-state index < -0.39 is 0 Å². The number of pyridine rings is 1. The molecule has 1 aliphatic heterocycles. The van der Waals surface area contributed by atoms with Crippen LogP contribution in [0.5, 0.6) is 0 Å². The van der Waals surface area contributed by atoms with E-state index in [1.165, 1.54) is 0 Å². The summed E-state index contributed by atoms with van der Waals surface area (Å²) in [4.78, 5) is 11.2. The average molecular weight is 286 g/mol. The second kappa shape index (κ2) is 6.05. The summed E-state index contributed by atoms with van der Waals surface area (Å²) in [5.74, 6) is 0.783. The van der Waals surface area contributed by atoms with Crippen LogP contribution >= 0.6 is 11.3 Å². The molecule has 0 spiro atoms. The largest absolute Gasteiger partial charge is 0.466 e. The molecule has 2 aromatic heterocycles. The van der Waals surface area contributed by atoms with E-state index in [2.05, 4.69) is 28.0 Å². The molecule has 0 saturated heterocycles. The molecule has 0 N–H and O–H groups in total. The fourth-order valence-electron chi connectivity index (χ4n) is 2.14. The Morgan fingerprint density at radius 3 is 2.90 bits per heavy atom. The maximum absolute atomic E-state index is 6.06. The van der Waals surface area contributed by atoms with Crippen LogP contribution in [0.15, 0.2) is 36.2 Å². The molecule has 3 heterocycles. The van der Waals surface area contributed by atoms with Crippen molar-refractivity contribution in [1.82, 2.24) is 9.97 Å². The Hall–Kier alpha value is -1.88. The Kier molecular flexibility index (Phi) is 3.97. The van der Waals surface area contributed by atoms with E-state index in [4.69, 9.17) is 4.74 Å². The van der Waals surface area contributed by atoms with Gasteiger partial charge in [-0.1, -0.05) is 13.3 Å². The summed E-state index contributed by atoms with van der Waals surface area (Å²) in [7, 11) is 0. The van der Waals surface area contributed by atoms with Crippen molar-refractivity contribution in [3.8, 4) is 0 Å². The highest BCUT2D eigenvalue weighted by molar-refractivity contribution is 7.10. The number of anilines is 1. The quantitative estimate of drug-likeness (QED) is 0.840. The van der Waals surface area contributed by atoms with Crippen LogP contribution in [0.4, 0.5) is 5.69 Å². The maximum Gasteiger partial charge on any atom is 0.176 e. The van der Waals surface area contributed by atoms with E-state index in [-0.39, 0.29) is 6.23 Å². The molecule has 4 nitrogen and oxygen atoms in total. The molecule has 5 heteroatoms. The molecule has 0 saturated carbocycles. The molecule has 1 aliphatic rings. The van der Waals surface area contributed by atoms with Crippen LogP contribution in [-0.2, 0) is 4.74 Å². The van der Waals surface area contributed by atoms with Gasteiger partial charge in [0.05, 0.1) is 10.4 Å². The molecule has 0 amide bonds. The Morgan fingerprint density at radius 2 is 2.20 bits per heavy atom. The summed E-state index contributed by atoms with van der Waals surface area (Å²) < 4.78 is 6.06. The lowest BCUT2D eigenvalue weighted by Gasteiger charge is -2.23. The predicted molar refractivity (Wildman–Crippen MR) is 79.9 cm³/mol.